The fourth-order valence-electron chi connectivity index (χ4n) is 1.55. The molecule has 0 unspecified atom stereocenters. The topological polar surface area (TPSA) is 69.2 Å². The van der Waals surface area contributed by atoms with Crippen LogP contribution < -0.4 is 5.73 Å². The highest BCUT2D eigenvalue weighted by Crippen LogP contribution is 2.19. The van der Waals surface area contributed by atoms with Crippen molar-refractivity contribution in [2.75, 3.05) is 6.54 Å². The van der Waals surface area contributed by atoms with Gasteiger partial charge >= 0.3 is 0 Å². The molecule has 0 atom stereocenters. The second-order valence-electron chi connectivity index (χ2n) is 3.62. The maximum atomic E-state index is 10.6. The number of hydrogen-bond acceptors (Lipinski definition) is 3. The maximum absolute atomic E-state index is 10.6. The molecule has 0 bridgehead atoms. The Labute approximate surface area is 89.2 Å². The molecule has 0 saturated heterocycles. The van der Waals surface area contributed by atoms with Crippen LogP contribution in [0, 0.1) is 17.0 Å². The minimum absolute atomic E-state index is 0.192. The van der Waals surface area contributed by atoms with Crippen molar-refractivity contribution in [2.45, 2.75) is 26.2 Å². The maximum Gasteiger partial charge on any atom is 0.272 e. The summed E-state index contributed by atoms with van der Waals surface area (Å²) in [7, 11) is 0. The zero-order valence-electron chi connectivity index (χ0n) is 8.90. The number of unbranched alkanes of at least 4 members (excludes halogenated alkanes) is 1. The van der Waals surface area contributed by atoms with E-state index in [9.17, 15) is 10.1 Å². The lowest BCUT2D eigenvalue weighted by Gasteiger charge is -2.02. The molecule has 1 aromatic carbocycles. The third kappa shape index (κ3) is 3.32. The van der Waals surface area contributed by atoms with Gasteiger partial charge in [-0.3, -0.25) is 10.1 Å². The smallest absolute Gasteiger partial charge is 0.272 e. The van der Waals surface area contributed by atoms with Gasteiger partial charge in [0.25, 0.3) is 5.69 Å². The Morgan fingerprint density at radius 3 is 2.67 bits per heavy atom. The van der Waals surface area contributed by atoms with Crippen molar-refractivity contribution < 1.29 is 4.92 Å². The van der Waals surface area contributed by atoms with Crippen LogP contribution in [0.4, 0.5) is 5.69 Å². The lowest BCUT2D eigenvalue weighted by atomic mass is 10.0. The van der Waals surface area contributed by atoms with Crippen molar-refractivity contribution in [2.24, 2.45) is 5.73 Å². The van der Waals surface area contributed by atoms with E-state index in [-0.39, 0.29) is 10.6 Å². The molecule has 0 fully saturated rings. The Bertz CT molecular complexity index is 350. The van der Waals surface area contributed by atoms with E-state index in [1.54, 1.807) is 13.0 Å². The molecule has 0 heterocycles. The van der Waals surface area contributed by atoms with Crippen LogP contribution in [0.25, 0.3) is 0 Å². The number of aryl methyl sites for hydroxylation is 2. The second kappa shape index (κ2) is 5.46. The minimum Gasteiger partial charge on any atom is -0.330 e. The number of rotatable bonds is 5. The van der Waals surface area contributed by atoms with Crippen LogP contribution in [-0.2, 0) is 6.42 Å². The summed E-state index contributed by atoms with van der Waals surface area (Å²) in [5, 5.41) is 10.6. The highest BCUT2D eigenvalue weighted by Gasteiger charge is 2.09. The highest BCUT2D eigenvalue weighted by molar-refractivity contribution is 5.41. The largest absolute Gasteiger partial charge is 0.330 e. The highest BCUT2D eigenvalue weighted by atomic mass is 16.6. The van der Waals surface area contributed by atoms with Gasteiger partial charge in [0.1, 0.15) is 0 Å². The summed E-state index contributed by atoms with van der Waals surface area (Å²) in [6.45, 7) is 2.47. The third-order valence-corrected chi connectivity index (χ3v) is 2.38. The Morgan fingerprint density at radius 2 is 2.13 bits per heavy atom. The lowest BCUT2D eigenvalue weighted by Crippen LogP contribution is -1.99. The number of nitrogens with zero attached hydrogens (tertiary/aromatic N) is 1. The van der Waals surface area contributed by atoms with Crippen molar-refractivity contribution in [3.63, 3.8) is 0 Å². The number of hydrogen-bond donors (Lipinski definition) is 1. The Kier molecular flexibility index (Phi) is 4.24. The normalized spacial score (nSPS) is 10.3. The summed E-state index contributed by atoms with van der Waals surface area (Å²) in [6.07, 6.45) is 2.97. The monoisotopic (exact) mass is 208 g/mol. The quantitative estimate of drug-likeness (QED) is 0.458. The summed E-state index contributed by atoms with van der Waals surface area (Å²) in [5.41, 5.74) is 7.46. The van der Waals surface area contributed by atoms with E-state index in [1.807, 2.05) is 12.1 Å². The second-order valence-corrected chi connectivity index (χ2v) is 3.62. The average molecular weight is 208 g/mol. The number of nitro groups is 1. The first kappa shape index (κ1) is 11.7. The standard InChI is InChI=1S/C11H16N2O2/c1-9-8-10(4-2-3-7-12)5-6-11(9)13(14)15/h5-6,8H,2-4,7,12H2,1H3. The molecular weight excluding hydrogens is 192 g/mol. The molecule has 1 rings (SSSR count). The Morgan fingerprint density at radius 1 is 1.40 bits per heavy atom. The molecule has 0 spiro atoms. The van der Waals surface area contributed by atoms with Gasteiger partial charge < -0.3 is 5.73 Å². The van der Waals surface area contributed by atoms with Gasteiger partial charge in [-0.2, -0.15) is 0 Å². The Hall–Kier alpha value is -1.42. The van der Waals surface area contributed by atoms with E-state index in [0.717, 1.165) is 30.4 Å². The van der Waals surface area contributed by atoms with E-state index >= 15 is 0 Å². The number of nitro benzene ring substituents is 1. The van der Waals surface area contributed by atoms with Crippen LogP contribution in [0.5, 0.6) is 0 Å². The van der Waals surface area contributed by atoms with Crippen LogP contribution in [0.15, 0.2) is 18.2 Å². The Balaban J connectivity index is 2.69. The van der Waals surface area contributed by atoms with Crippen molar-refractivity contribution in [3.8, 4) is 0 Å². The lowest BCUT2D eigenvalue weighted by molar-refractivity contribution is -0.385. The van der Waals surface area contributed by atoms with Crippen LogP contribution in [0.3, 0.4) is 0 Å². The molecule has 15 heavy (non-hydrogen) atoms. The molecular formula is C11H16N2O2. The van der Waals surface area contributed by atoms with Crippen LogP contribution >= 0.6 is 0 Å². The molecule has 82 valence electrons. The number of nitrogens with two attached hydrogens (primary N) is 1. The summed E-state index contributed by atoms with van der Waals surface area (Å²) in [5.74, 6) is 0. The van der Waals surface area contributed by atoms with Crippen molar-refractivity contribution in [1.82, 2.24) is 0 Å². The zero-order valence-corrected chi connectivity index (χ0v) is 8.90. The SMILES string of the molecule is Cc1cc(CCCCN)ccc1[N+](=O)[O-]. The van der Waals surface area contributed by atoms with Gasteiger partial charge in [0, 0.05) is 11.6 Å². The molecule has 2 N–H and O–H groups in total. The van der Waals surface area contributed by atoms with Gasteiger partial charge in [-0.25, -0.2) is 0 Å². The van der Waals surface area contributed by atoms with Gasteiger partial charge in [-0.1, -0.05) is 6.07 Å². The molecule has 0 aromatic heterocycles. The molecule has 4 heteroatoms. The molecule has 0 aliphatic rings. The minimum atomic E-state index is -0.348. The first-order chi connectivity index (χ1) is 7.15. The first-order valence-electron chi connectivity index (χ1n) is 5.09. The fourth-order valence-corrected chi connectivity index (χ4v) is 1.55. The first-order valence-corrected chi connectivity index (χ1v) is 5.09. The summed E-state index contributed by atoms with van der Waals surface area (Å²) in [4.78, 5) is 10.2. The van der Waals surface area contributed by atoms with Crippen LogP contribution in [0.1, 0.15) is 24.0 Å². The summed E-state index contributed by atoms with van der Waals surface area (Å²) >= 11 is 0. The predicted octanol–water partition coefficient (Wildman–Crippen LogP) is 2.18. The van der Waals surface area contributed by atoms with Crippen molar-refractivity contribution >= 4 is 5.69 Å². The number of benzene rings is 1. The molecule has 0 radical (unpaired) electrons. The zero-order chi connectivity index (χ0) is 11.3. The molecule has 0 aliphatic carbocycles. The van der Waals surface area contributed by atoms with Gasteiger partial charge in [0.2, 0.25) is 0 Å². The third-order valence-electron chi connectivity index (χ3n) is 2.38. The molecule has 0 amide bonds. The van der Waals surface area contributed by atoms with Gasteiger partial charge in [0.15, 0.2) is 0 Å². The van der Waals surface area contributed by atoms with Gasteiger partial charge in [-0.15, -0.1) is 0 Å². The van der Waals surface area contributed by atoms with E-state index in [0.29, 0.717) is 6.54 Å². The van der Waals surface area contributed by atoms with E-state index < -0.39 is 0 Å². The van der Waals surface area contributed by atoms with Crippen molar-refractivity contribution in [1.29, 1.82) is 0 Å². The summed E-state index contributed by atoms with van der Waals surface area (Å²) in [6, 6.07) is 5.28. The average Bonchev–Trinajstić information content (AvgIpc) is 2.17. The molecule has 0 aliphatic heterocycles. The van der Waals surface area contributed by atoms with E-state index in [2.05, 4.69) is 0 Å². The van der Waals surface area contributed by atoms with Crippen molar-refractivity contribution in [3.05, 3.63) is 39.4 Å². The molecule has 4 nitrogen and oxygen atoms in total. The van der Waals surface area contributed by atoms with Crippen LogP contribution in [0.2, 0.25) is 0 Å². The molecule has 0 saturated carbocycles. The fraction of sp³-hybridized carbons (Fsp3) is 0.455. The van der Waals surface area contributed by atoms with Gasteiger partial charge in [-0.05, 0) is 44.4 Å². The summed E-state index contributed by atoms with van der Waals surface area (Å²) < 4.78 is 0. The molecule has 1 aromatic rings. The van der Waals surface area contributed by atoms with E-state index in [4.69, 9.17) is 5.73 Å². The van der Waals surface area contributed by atoms with E-state index in [1.165, 1.54) is 0 Å². The predicted molar refractivity (Wildman–Crippen MR) is 59.8 cm³/mol. The van der Waals surface area contributed by atoms with Gasteiger partial charge in [0.05, 0.1) is 4.92 Å². The van der Waals surface area contributed by atoms with Crippen LogP contribution in [-0.4, -0.2) is 11.5 Å².